The maximum atomic E-state index is 10.8. The van der Waals surface area contributed by atoms with E-state index >= 15 is 0 Å². The zero-order chi connectivity index (χ0) is 14.8. The van der Waals surface area contributed by atoms with Crippen molar-refractivity contribution in [3.63, 3.8) is 0 Å². The lowest BCUT2D eigenvalue weighted by molar-refractivity contribution is 0.0697. The van der Waals surface area contributed by atoms with E-state index in [2.05, 4.69) is 4.98 Å². The van der Waals surface area contributed by atoms with Crippen molar-refractivity contribution in [2.24, 2.45) is 0 Å². The summed E-state index contributed by atoms with van der Waals surface area (Å²) in [4.78, 5) is 17.2. The average Bonchev–Trinajstić information content (AvgIpc) is 2.47. The molecule has 0 unspecified atom stereocenters. The third kappa shape index (κ3) is 3.01. The highest BCUT2D eigenvalue weighted by molar-refractivity contribution is 7.99. The molecule has 0 spiro atoms. The smallest absolute Gasteiger partial charge is 0.335 e. The number of aromatic nitrogens is 1. The Labute approximate surface area is 130 Å². The fourth-order valence-corrected chi connectivity index (χ4v) is 3.08. The number of carbonyl (C=O) groups is 1. The van der Waals surface area contributed by atoms with Gasteiger partial charge in [0.1, 0.15) is 0 Å². The molecule has 5 heteroatoms. The van der Waals surface area contributed by atoms with Crippen LogP contribution in [0.2, 0.25) is 5.02 Å². The van der Waals surface area contributed by atoms with E-state index in [0.29, 0.717) is 5.02 Å². The predicted octanol–water partition coefficient (Wildman–Crippen LogP) is 4.74. The van der Waals surface area contributed by atoms with Gasteiger partial charge in [-0.05, 0) is 42.5 Å². The van der Waals surface area contributed by atoms with E-state index in [1.807, 2.05) is 24.3 Å². The van der Waals surface area contributed by atoms with Crippen LogP contribution in [0.25, 0.3) is 10.9 Å². The van der Waals surface area contributed by atoms with Crippen LogP contribution in [0.15, 0.2) is 64.5 Å². The molecule has 104 valence electrons. The normalized spacial score (nSPS) is 10.7. The summed E-state index contributed by atoms with van der Waals surface area (Å²) in [5.41, 5.74) is 1.13. The number of hydrogen-bond acceptors (Lipinski definition) is 3. The summed E-state index contributed by atoms with van der Waals surface area (Å²) in [6, 6.07) is 14.4. The Bertz CT molecular complexity index is 818. The lowest BCUT2D eigenvalue weighted by Crippen LogP contribution is -1.94. The molecule has 0 atom stereocenters. The van der Waals surface area contributed by atoms with Gasteiger partial charge in [0, 0.05) is 26.4 Å². The Morgan fingerprint density at radius 1 is 1.10 bits per heavy atom. The molecule has 3 aromatic rings. The molecular formula is C16H10ClNO2S. The summed E-state index contributed by atoms with van der Waals surface area (Å²) in [5, 5.41) is 10.6. The van der Waals surface area contributed by atoms with Crippen LogP contribution in [0.3, 0.4) is 0 Å². The van der Waals surface area contributed by atoms with Crippen molar-refractivity contribution in [3.05, 3.63) is 65.3 Å². The van der Waals surface area contributed by atoms with Gasteiger partial charge >= 0.3 is 5.97 Å². The monoisotopic (exact) mass is 315 g/mol. The van der Waals surface area contributed by atoms with Crippen LogP contribution in [0, 0.1) is 0 Å². The van der Waals surface area contributed by atoms with Gasteiger partial charge in [-0.1, -0.05) is 29.4 Å². The Hall–Kier alpha value is -2.04. The highest BCUT2D eigenvalue weighted by Gasteiger charge is 2.06. The minimum absolute atomic E-state index is 0.283. The van der Waals surface area contributed by atoms with Crippen molar-refractivity contribution in [1.82, 2.24) is 4.98 Å². The van der Waals surface area contributed by atoms with E-state index in [4.69, 9.17) is 16.7 Å². The fraction of sp³-hybridized carbons (Fsp3) is 0. The Balaban J connectivity index is 1.96. The quantitative estimate of drug-likeness (QED) is 0.758. The number of hydrogen-bond donors (Lipinski definition) is 1. The topological polar surface area (TPSA) is 50.2 Å². The highest BCUT2D eigenvalue weighted by Crippen LogP contribution is 2.33. The van der Waals surface area contributed by atoms with Crippen molar-refractivity contribution in [3.8, 4) is 0 Å². The standard InChI is InChI=1S/C16H10ClNO2S/c17-11-3-6-13-14(9-11)18-8-7-15(13)21-12-4-1-10(2-5-12)16(19)20/h1-9H,(H,19,20). The lowest BCUT2D eigenvalue weighted by atomic mass is 10.2. The molecule has 1 N–H and O–H groups in total. The van der Waals surface area contributed by atoms with Crippen LogP contribution in [0.4, 0.5) is 0 Å². The molecule has 0 saturated carbocycles. The van der Waals surface area contributed by atoms with Crippen LogP contribution in [-0.4, -0.2) is 16.1 Å². The zero-order valence-electron chi connectivity index (χ0n) is 10.8. The summed E-state index contributed by atoms with van der Waals surface area (Å²) in [6.07, 6.45) is 1.74. The molecule has 2 aromatic carbocycles. The third-order valence-corrected chi connectivity index (χ3v) is 4.31. The second kappa shape index (κ2) is 5.76. The summed E-state index contributed by atoms with van der Waals surface area (Å²) < 4.78 is 0. The Kier molecular flexibility index (Phi) is 3.82. The van der Waals surface area contributed by atoms with Gasteiger partial charge in [0.15, 0.2) is 0 Å². The highest BCUT2D eigenvalue weighted by atomic mass is 35.5. The second-order valence-electron chi connectivity index (χ2n) is 4.40. The Morgan fingerprint density at radius 3 is 2.57 bits per heavy atom. The van der Waals surface area contributed by atoms with Crippen LogP contribution >= 0.6 is 23.4 Å². The summed E-state index contributed by atoms with van der Waals surface area (Å²) >= 11 is 7.54. The van der Waals surface area contributed by atoms with Gasteiger partial charge in [-0.2, -0.15) is 0 Å². The molecule has 0 aliphatic heterocycles. The predicted molar refractivity (Wildman–Crippen MR) is 84.3 cm³/mol. The number of fused-ring (bicyclic) bond motifs is 1. The third-order valence-electron chi connectivity index (χ3n) is 2.99. The van der Waals surface area contributed by atoms with Gasteiger partial charge < -0.3 is 5.11 Å². The minimum atomic E-state index is -0.921. The van der Waals surface area contributed by atoms with Crippen LogP contribution in [0.5, 0.6) is 0 Å². The van der Waals surface area contributed by atoms with Crippen molar-refractivity contribution >= 4 is 40.2 Å². The van der Waals surface area contributed by atoms with Gasteiger partial charge in [-0.3, -0.25) is 4.98 Å². The van der Waals surface area contributed by atoms with Gasteiger partial charge in [-0.25, -0.2) is 4.79 Å². The summed E-state index contributed by atoms with van der Waals surface area (Å²) in [7, 11) is 0. The number of nitrogens with zero attached hydrogens (tertiary/aromatic N) is 1. The van der Waals surface area contributed by atoms with E-state index in [-0.39, 0.29) is 5.56 Å². The van der Waals surface area contributed by atoms with E-state index in [1.165, 1.54) is 0 Å². The van der Waals surface area contributed by atoms with Gasteiger partial charge in [-0.15, -0.1) is 0 Å². The SMILES string of the molecule is O=C(O)c1ccc(Sc2ccnc3cc(Cl)ccc23)cc1. The maximum Gasteiger partial charge on any atom is 0.335 e. The van der Waals surface area contributed by atoms with Crippen molar-refractivity contribution in [1.29, 1.82) is 0 Å². The number of aromatic carboxylic acids is 1. The molecule has 1 heterocycles. The average molecular weight is 316 g/mol. The first-order valence-electron chi connectivity index (χ1n) is 6.19. The van der Waals surface area contributed by atoms with Crippen LogP contribution in [0.1, 0.15) is 10.4 Å². The molecule has 0 amide bonds. The summed E-state index contributed by atoms with van der Waals surface area (Å²) in [6.45, 7) is 0. The van der Waals surface area contributed by atoms with E-state index < -0.39 is 5.97 Å². The lowest BCUT2D eigenvalue weighted by Gasteiger charge is -2.06. The molecule has 0 radical (unpaired) electrons. The van der Waals surface area contributed by atoms with E-state index in [9.17, 15) is 4.79 Å². The number of rotatable bonds is 3. The molecular weight excluding hydrogens is 306 g/mol. The van der Waals surface area contributed by atoms with Crippen LogP contribution in [-0.2, 0) is 0 Å². The first-order chi connectivity index (χ1) is 10.1. The van der Waals surface area contributed by atoms with Gasteiger partial charge in [0.25, 0.3) is 0 Å². The first kappa shape index (κ1) is 13.9. The molecule has 0 bridgehead atoms. The maximum absolute atomic E-state index is 10.8. The van der Waals surface area contributed by atoms with E-state index in [0.717, 1.165) is 20.7 Å². The van der Waals surface area contributed by atoms with E-state index in [1.54, 1.807) is 42.2 Å². The van der Waals surface area contributed by atoms with Crippen molar-refractivity contribution < 1.29 is 9.90 Å². The minimum Gasteiger partial charge on any atom is -0.478 e. The molecule has 0 saturated heterocycles. The van der Waals surface area contributed by atoms with Gasteiger partial charge in [0.05, 0.1) is 11.1 Å². The number of pyridine rings is 1. The molecule has 1 aromatic heterocycles. The molecule has 21 heavy (non-hydrogen) atoms. The first-order valence-corrected chi connectivity index (χ1v) is 7.38. The summed E-state index contributed by atoms with van der Waals surface area (Å²) in [5.74, 6) is -0.921. The van der Waals surface area contributed by atoms with Crippen molar-refractivity contribution in [2.75, 3.05) is 0 Å². The number of halogens is 1. The largest absolute Gasteiger partial charge is 0.478 e. The van der Waals surface area contributed by atoms with Crippen molar-refractivity contribution in [2.45, 2.75) is 9.79 Å². The van der Waals surface area contributed by atoms with Gasteiger partial charge in [0.2, 0.25) is 0 Å². The molecule has 3 rings (SSSR count). The molecule has 3 nitrogen and oxygen atoms in total. The molecule has 0 fully saturated rings. The fourth-order valence-electron chi connectivity index (χ4n) is 1.98. The molecule has 0 aliphatic rings. The molecule has 0 aliphatic carbocycles. The second-order valence-corrected chi connectivity index (χ2v) is 5.95. The number of benzene rings is 2. The number of carboxylic acid groups (broad SMARTS) is 1. The van der Waals surface area contributed by atoms with Crippen LogP contribution < -0.4 is 0 Å². The Morgan fingerprint density at radius 2 is 1.86 bits per heavy atom. The zero-order valence-corrected chi connectivity index (χ0v) is 12.4. The number of carboxylic acids is 1.